The average molecular weight is 437 g/mol. The minimum absolute atomic E-state index is 0.0421. The molecule has 2 amide bonds. The molecule has 6 heteroatoms. The first-order valence-electron chi connectivity index (χ1n) is 11.8. The van der Waals surface area contributed by atoms with E-state index in [1.165, 1.54) is 0 Å². The lowest BCUT2D eigenvalue weighted by atomic mass is 9.70. The van der Waals surface area contributed by atoms with Gasteiger partial charge in [-0.1, -0.05) is 33.8 Å². The molecule has 0 aliphatic heterocycles. The number of Topliss-reactive ketones (excluding diaryl/α,β-unsaturated/α-hetero) is 2. The second-order valence-corrected chi connectivity index (χ2v) is 11.6. The van der Waals surface area contributed by atoms with Gasteiger partial charge in [0.1, 0.15) is 10.8 Å². The average Bonchev–Trinajstić information content (AvgIpc) is 3.46. The Kier molecular flexibility index (Phi) is 4.35. The summed E-state index contributed by atoms with van der Waals surface area (Å²) in [7, 11) is 0. The molecule has 0 spiro atoms. The van der Waals surface area contributed by atoms with Crippen LogP contribution in [0.15, 0.2) is 24.3 Å². The lowest BCUT2D eigenvalue weighted by Crippen LogP contribution is -2.44. The largest absolute Gasteiger partial charge is 0.325 e. The fourth-order valence-electron chi connectivity index (χ4n) is 7.13. The Labute approximate surface area is 188 Å². The van der Waals surface area contributed by atoms with E-state index in [0.717, 1.165) is 12.8 Å². The van der Waals surface area contributed by atoms with Crippen LogP contribution in [0, 0.1) is 33.5 Å². The summed E-state index contributed by atoms with van der Waals surface area (Å²) in [5.74, 6) is 0.108. The number of carbonyl (C=O) groups is 4. The molecule has 4 aliphatic carbocycles. The Morgan fingerprint density at radius 3 is 1.53 bits per heavy atom. The Morgan fingerprint density at radius 1 is 0.781 bits per heavy atom. The lowest BCUT2D eigenvalue weighted by molar-refractivity contribution is -0.143. The zero-order valence-electron chi connectivity index (χ0n) is 19.3. The number of amides is 2. The van der Waals surface area contributed by atoms with E-state index in [1.54, 1.807) is 24.3 Å². The number of hydrogen-bond acceptors (Lipinski definition) is 4. The van der Waals surface area contributed by atoms with Crippen molar-refractivity contribution in [2.45, 2.75) is 66.2 Å². The molecule has 2 N–H and O–H groups in total. The summed E-state index contributed by atoms with van der Waals surface area (Å²) in [4.78, 5) is 52.4. The summed E-state index contributed by atoms with van der Waals surface area (Å²) in [5.41, 5.74) is -1.69. The first kappa shape index (κ1) is 21.4. The number of rotatable bonds is 4. The van der Waals surface area contributed by atoms with E-state index in [9.17, 15) is 19.2 Å². The summed E-state index contributed by atoms with van der Waals surface area (Å²) < 4.78 is 0. The third kappa shape index (κ3) is 2.64. The van der Waals surface area contributed by atoms with Crippen LogP contribution < -0.4 is 10.6 Å². The van der Waals surface area contributed by atoms with Crippen LogP contribution in [-0.2, 0) is 19.2 Å². The van der Waals surface area contributed by atoms with Gasteiger partial charge in [-0.15, -0.1) is 0 Å². The summed E-state index contributed by atoms with van der Waals surface area (Å²) >= 11 is 0. The van der Waals surface area contributed by atoms with Crippen LogP contribution in [0.1, 0.15) is 66.2 Å². The molecule has 4 bridgehead atoms. The maximum Gasteiger partial charge on any atom is 0.238 e. The van der Waals surface area contributed by atoms with Gasteiger partial charge in [0.25, 0.3) is 0 Å². The van der Waals surface area contributed by atoms with Crippen LogP contribution >= 0.6 is 0 Å². The van der Waals surface area contributed by atoms with E-state index in [1.807, 2.05) is 27.7 Å². The van der Waals surface area contributed by atoms with Crippen LogP contribution in [0.4, 0.5) is 11.4 Å². The molecule has 4 saturated carbocycles. The van der Waals surface area contributed by atoms with Crippen LogP contribution in [0.25, 0.3) is 0 Å². The van der Waals surface area contributed by atoms with E-state index in [0.29, 0.717) is 37.1 Å². The topological polar surface area (TPSA) is 92.3 Å². The SMILES string of the molecule is CC1(C)C(=O)[C@@]2(C(=O)Nc3cccc(NC(=O)[C@@]45CC[C@@H](C4)C(C)(C)C5=O)c3)CC[C@H]1C2. The molecule has 5 rings (SSSR count). The van der Waals surface area contributed by atoms with E-state index in [4.69, 9.17) is 0 Å². The van der Waals surface area contributed by atoms with Crippen molar-refractivity contribution in [2.75, 3.05) is 10.6 Å². The predicted molar refractivity (Wildman–Crippen MR) is 121 cm³/mol. The Balaban J connectivity index is 1.32. The molecule has 0 unspecified atom stereocenters. The van der Waals surface area contributed by atoms with Crippen LogP contribution in [0.3, 0.4) is 0 Å². The highest BCUT2D eigenvalue weighted by molar-refractivity contribution is 6.16. The van der Waals surface area contributed by atoms with Gasteiger partial charge in [-0.25, -0.2) is 0 Å². The second-order valence-electron chi connectivity index (χ2n) is 11.6. The molecule has 0 heterocycles. The second kappa shape index (κ2) is 6.52. The maximum atomic E-state index is 13.2. The van der Waals surface area contributed by atoms with Gasteiger partial charge in [0.05, 0.1) is 0 Å². The van der Waals surface area contributed by atoms with E-state index in [-0.39, 0.29) is 35.2 Å². The molecular formula is C26H32N2O4. The predicted octanol–water partition coefficient (Wildman–Crippen LogP) is 4.35. The van der Waals surface area contributed by atoms with E-state index < -0.39 is 21.7 Å². The van der Waals surface area contributed by atoms with Crippen LogP contribution in [-0.4, -0.2) is 23.4 Å². The van der Waals surface area contributed by atoms with Crippen molar-refractivity contribution in [1.82, 2.24) is 0 Å². The van der Waals surface area contributed by atoms with Crippen molar-refractivity contribution in [1.29, 1.82) is 0 Å². The van der Waals surface area contributed by atoms with Crippen molar-refractivity contribution in [3.8, 4) is 0 Å². The Bertz CT molecular complexity index is 978. The molecule has 0 radical (unpaired) electrons. The highest BCUT2D eigenvalue weighted by Gasteiger charge is 2.66. The number of hydrogen-bond donors (Lipinski definition) is 2. The number of fused-ring (bicyclic) bond motifs is 4. The van der Waals surface area contributed by atoms with Gasteiger partial charge < -0.3 is 10.6 Å². The van der Waals surface area contributed by atoms with Gasteiger partial charge in [0.15, 0.2) is 11.6 Å². The Hall–Kier alpha value is -2.50. The highest BCUT2D eigenvalue weighted by atomic mass is 16.2. The number of ketones is 2. The van der Waals surface area contributed by atoms with Crippen LogP contribution in [0.2, 0.25) is 0 Å². The molecule has 6 nitrogen and oxygen atoms in total. The van der Waals surface area contributed by atoms with Crippen molar-refractivity contribution in [2.24, 2.45) is 33.5 Å². The smallest absolute Gasteiger partial charge is 0.238 e. The Morgan fingerprint density at radius 2 is 1.19 bits per heavy atom. The quantitative estimate of drug-likeness (QED) is 0.686. The molecule has 170 valence electrons. The third-order valence-electron chi connectivity index (χ3n) is 9.36. The zero-order chi connectivity index (χ0) is 23.1. The molecule has 1 aromatic rings. The van der Waals surface area contributed by atoms with E-state index in [2.05, 4.69) is 10.6 Å². The normalized spacial score (nSPS) is 35.9. The molecular weight excluding hydrogens is 404 g/mol. The number of anilines is 2. The zero-order valence-corrected chi connectivity index (χ0v) is 19.3. The van der Waals surface area contributed by atoms with Gasteiger partial charge >= 0.3 is 0 Å². The van der Waals surface area contributed by atoms with Gasteiger partial charge in [-0.3, -0.25) is 19.2 Å². The minimum Gasteiger partial charge on any atom is -0.325 e. The number of nitrogens with one attached hydrogen (secondary N) is 2. The maximum absolute atomic E-state index is 13.2. The lowest BCUT2D eigenvalue weighted by Gasteiger charge is -2.32. The summed E-state index contributed by atoms with van der Waals surface area (Å²) in [6.45, 7) is 7.79. The van der Waals surface area contributed by atoms with Crippen molar-refractivity contribution >= 4 is 34.8 Å². The minimum atomic E-state index is -0.937. The highest BCUT2D eigenvalue weighted by Crippen LogP contribution is 2.61. The molecule has 4 fully saturated rings. The first-order chi connectivity index (χ1) is 14.9. The van der Waals surface area contributed by atoms with Crippen LogP contribution in [0.5, 0.6) is 0 Å². The van der Waals surface area contributed by atoms with Gasteiger partial charge in [-0.05, 0) is 68.6 Å². The fraction of sp³-hybridized carbons (Fsp3) is 0.615. The van der Waals surface area contributed by atoms with Crippen molar-refractivity contribution in [3.05, 3.63) is 24.3 Å². The monoisotopic (exact) mass is 436 g/mol. The summed E-state index contributed by atoms with van der Waals surface area (Å²) in [6, 6.07) is 6.98. The number of carbonyl (C=O) groups excluding carboxylic acids is 4. The van der Waals surface area contributed by atoms with E-state index >= 15 is 0 Å². The third-order valence-corrected chi connectivity index (χ3v) is 9.36. The fourth-order valence-corrected chi connectivity index (χ4v) is 7.13. The summed E-state index contributed by atoms with van der Waals surface area (Å²) in [6.07, 6.45) is 4.23. The standard InChI is InChI=1S/C26H32N2O4/c1-23(2)15-8-10-25(13-15,19(23)29)21(31)27-17-6-5-7-18(12-17)28-22(32)26-11-9-16(14-26)24(3,4)20(26)30/h5-7,12,15-16H,8-11,13-14H2,1-4H3,(H,27,31)(H,28,32)/t15-,16-,25-,26+/m0/s1. The molecule has 0 aromatic heterocycles. The first-order valence-corrected chi connectivity index (χ1v) is 11.8. The van der Waals surface area contributed by atoms with Crippen molar-refractivity contribution in [3.63, 3.8) is 0 Å². The number of benzene rings is 1. The molecule has 0 saturated heterocycles. The van der Waals surface area contributed by atoms with Gasteiger partial charge in [-0.2, -0.15) is 0 Å². The van der Waals surface area contributed by atoms with Gasteiger partial charge in [0.2, 0.25) is 11.8 Å². The summed E-state index contributed by atoms with van der Waals surface area (Å²) in [5, 5.41) is 5.86. The molecule has 32 heavy (non-hydrogen) atoms. The van der Waals surface area contributed by atoms with Gasteiger partial charge in [0, 0.05) is 22.2 Å². The molecule has 1 aromatic carbocycles. The van der Waals surface area contributed by atoms with Crippen molar-refractivity contribution < 1.29 is 19.2 Å². The molecule has 4 aliphatic rings. The molecule has 4 atom stereocenters.